The van der Waals surface area contributed by atoms with Gasteiger partial charge in [-0.15, -0.1) is 0 Å². The first-order valence-electron chi connectivity index (χ1n) is 10.1. The van der Waals surface area contributed by atoms with Gasteiger partial charge in [-0.2, -0.15) is 0 Å². The lowest BCUT2D eigenvalue weighted by molar-refractivity contribution is 0.0769. The first-order valence-corrected chi connectivity index (χ1v) is 10.1. The van der Waals surface area contributed by atoms with Crippen molar-refractivity contribution in [2.75, 3.05) is 33.8 Å². The molecule has 2 aliphatic rings. The molecule has 3 aromatic rings. The normalized spacial score (nSPS) is 24.1. The summed E-state index contributed by atoms with van der Waals surface area (Å²) in [7, 11) is 3.88. The standard InChI is InChI=1S/C24H25N3O2/c1-26-13-18-14-27(15-21(18)23(26)17-8-10-19(29-2)11-9-17)24(28)20-7-3-5-16-6-4-12-25-22(16)20/h3-12,18,21,23H,13-15H2,1-2H3/t18-,21+,23+/m0/s1. The van der Waals surface area contributed by atoms with Crippen LogP contribution in [0.3, 0.4) is 0 Å². The number of fused-ring (bicyclic) bond motifs is 2. The van der Waals surface area contributed by atoms with Crippen molar-refractivity contribution in [3.63, 3.8) is 0 Å². The molecule has 0 radical (unpaired) electrons. The Morgan fingerprint density at radius 1 is 1.03 bits per heavy atom. The number of hydrogen-bond donors (Lipinski definition) is 0. The molecule has 0 bridgehead atoms. The van der Waals surface area contributed by atoms with Crippen LogP contribution in [0, 0.1) is 11.8 Å². The number of rotatable bonds is 3. The largest absolute Gasteiger partial charge is 0.497 e. The predicted octanol–water partition coefficient (Wildman–Crippen LogP) is 3.62. The van der Waals surface area contributed by atoms with E-state index in [0.717, 1.165) is 36.3 Å². The van der Waals surface area contributed by atoms with Crippen LogP contribution in [0.4, 0.5) is 0 Å². The molecule has 5 heteroatoms. The number of benzene rings is 2. The topological polar surface area (TPSA) is 45.7 Å². The number of aromatic nitrogens is 1. The summed E-state index contributed by atoms with van der Waals surface area (Å²) in [5.41, 5.74) is 2.79. The molecular weight excluding hydrogens is 362 g/mol. The van der Waals surface area contributed by atoms with Gasteiger partial charge >= 0.3 is 0 Å². The molecule has 3 heterocycles. The van der Waals surface area contributed by atoms with Crippen LogP contribution >= 0.6 is 0 Å². The molecule has 0 N–H and O–H groups in total. The molecule has 2 fully saturated rings. The van der Waals surface area contributed by atoms with E-state index in [0.29, 0.717) is 23.4 Å². The molecule has 2 saturated heterocycles. The van der Waals surface area contributed by atoms with E-state index >= 15 is 0 Å². The highest BCUT2D eigenvalue weighted by Crippen LogP contribution is 2.44. The van der Waals surface area contributed by atoms with Gasteiger partial charge < -0.3 is 9.64 Å². The van der Waals surface area contributed by atoms with E-state index in [9.17, 15) is 4.79 Å². The maximum absolute atomic E-state index is 13.4. The predicted molar refractivity (Wildman–Crippen MR) is 113 cm³/mol. The van der Waals surface area contributed by atoms with E-state index in [1.165, 1.54) is 5.56 Å². The van der Waals surface area contributed by atoms with E-state index in [1.807, 2.05) is 47.4 Å². The number of amides is 1. The van der Waals surface area contributed by atoms with Gasteiger partial charge in [-0.05, 0) is 42.8 Å². The Labute approximate surface area is 170 Å². The Morgan fingerprint density at radius 2 is 1.83 bits per heavy atom. The summed E-state index contributed by atoms with van der Waals surface area (Å²) >= 11 is 0. The van der Waals surface area contributed by atoms with Crippen molar-refractivity contribution >= 4 is 16.8 Å². The molecule has 0 spiro atoms. The van der Waals surface area contributed by atoms with E-state index in [-0.39, 0.29) is 5.91 Å². The average molecular weight is 387 g/mol. The maximum Gasteiger partial charge on any atom is 0.256 e. The maximum atomic E-state index is 13.4. The highest BCUT2D eigenvalue weighted by atomic mass is 16.5. The van der Waals surface area contributed by atoms with Crippen LogP contribution in [0.15, 0.2) is 60.8 Å². The summed E-state index contributed by atoms with van der Waals surface area (Å²) in [6.07, 6.45) is 1.76. The molecule has 1 amide bonds. The molecular formula is C24H25N3O2. The number of carbonyl (C=O) groups excluding carboxylic acids is 1. The molecule has 5 rings (SSSR count). The minimum Gasteiger partial charge on any atom is -0.497 e. The van der Waals surface area contributed by atoms with Crippen molar-refractivity contribution < 1.29 is 9.53 Å². The molecule has 1 aromatic heterocycles. The lowest BCUT2D eigenvalue weighted by atomic mass is 9.89. The molecule has 0 saturated carbocycles. The Balaban J connectivity index is 1.40. The second-order valence-electron chi connectivity index (χ2n) is 8.17. The fourth-order valence-corrected chi connectivity index (χ4v) is 5.17. The molecule has 2 aromatic carbocycles. The lowest BCUT2D eigenvalue weighted by Crippen LogP contribution is -2.33. The Morgan fingerprint density at radius 3 is 2.62 bits per heavy atom. The number of hydrogen-bond acceptors (Lipinski definition) is 4. The quantitative estimate of drug-likeness (QED) is 0.689. The summed E-state index contributed by atoms with van der Waals surface area (Å²) in [6.45, 7) is 2.61. The van der Waals surface area contributed by atoms with Gasteiger partial charge in [0.1, 0.15) is 5.75 Å². The van der Waals surface area contributed by atoms with E-state index in [1.54, 1.807) is 13.3 Å². The van der Waals surface area contributed by atoms with Gasteiger partial charge in [0.2, 0.25) is 0 Å². The van der Waals surface area contributed by atoms with Gasteiger partial charge in [-0.1, -0.05) is 30.3 Å². The van der Waals surface area contributed by atoms with Gasteiger partial charge in [-0.25, -0.2) is 0 Å². The van der Waals surface area contributed by atoms with Crippen LogP contribution in [0.25, 0.3) is 10.9 Å². The second kappa shape index (κ2) is 7.16. The molecule has 5 nitrogen and oxygen atoms in total. The summed E-state index contributed by atoms with van der Waals surface area (Å²) in [6, 6.07) is 18.5. The Kier molecular flexibility index (Phi) is 4.47. The van der Waals surface area contributed by atoms with Crippen LogP contribution in [0.1, 0.15) is 22.0 Å². The number of likely N-dealkylation sites (tertiary alicyclic amines) is 2. The molecule has 3 atom stereocenters. The summed E-state index contributed by atoms with van der Waals surface area (Å²) in [5.74, 6) is 1.91. The Bertz CT molecular complexity index is 1040. The molecule has 0 unspecified atom stereocenters. The van der Waals surface area contributed by atoms with Crippen LogP contribution in [-0.4, -0.2) is 54.5 Å². The monoisotopic (exact) mass is 387 g/mol. The van der Waals surface area contributed by atoms with Gasteiger partial charge in [-0.3, -0.25) is 14.7 Å². The van der Waals surface area contributed by atoms with Crippen LogP contribution < -0.4 is 4.74 Å². The minimum absolute atomic E-state index is 0.0971. The fourth-order valence-electron chi connectivity index (χ4n) is 5.17. The highest BCUT2D eigenvalue weighted by Gasteiger charge is 2.47. The smallest absolute Gasteiger partial charge is 0.256 e. The molecule has 148 valence electrons. The number of nitrogens with zero attached hydrogens (tertiary/aromatic N) is 3. The van der Waals surface area contributed by atoms with Gasteiger partial charge in [0, 0.05) is 43.2 Å². The van der Waals surface area contributed by atoms with E-state index in [2.05, 4.69) is 29.1 Å². The first kappa shape index (κ1) is 18.1. The van der Waals surface area contributed by atoms with E-state index < -0.39 is 0 Å². The van der Waals surface area contributed by atoms with Crippen molar-refractivity contribution in [1.29, 1.82) is 0 Å². The number of methoxy groups -OCH3 is 1. The lowest BCUT2D eigenvalue weighted by Gasteiger charge is -2.27. The zero-order chi connectivity index (χ0) is 20.0. The van der Waals surface area contributed by atoms with Crippen molar-refractivity contribution in [2.24, 2.45) is 11.8 Å². The van der Waals surface area contributed by atoms with Gasteiger partial charge in [0.15, 0.2) is 0 Å². The molecule has 2 aliphatic heterocycles. The van der Waals surface area contributed by atoms with Crippen LogP contribution in [0.2, 0.25) is 0 Å². The number of para-hydroxylation sites is 1. The SMILES string of the molecule is COc1ccc([C@@H]2[C@@H]3CN(C(=O)c4cccc5cccnc45)C[C@@H]3CN2C)cc1. The first-order chi connectivity index (χ1) is 14.2. The zero-order valence-electron chi connectivity index (χ0n) is 16.8. The third-order valence-corrected chi connectivity index (χ3v) is 6.50. The molecule has 0 aliphatic carbocycles. The van der Waals surface area contributed by atoms with Gasteiger partial charge in [0.25, 0.3) is 5.91 Å². The number of carbonyl (C=O) groups is 1. The second-order valence-corrected chi connectivity index (χ2v) is 8.17. The average Bonchev–Trinajstić information content (AvgIpc) is 3.29. The fraction of sp³-hybridized carbons (Fsp3) is 0.333. The molecule has 29 heavy (non-hydrogen) atoms. The number of ether oxygens (including phenoxy) is 1. The number of pyridine rings is 1. The van der Waals surface area contributed by atoms with Crippen molar-refractivity contribution in [1.82, 2.24) is 14.8 Å². The zero-order valence-corrected chi connectivity index (χ0v) is 16.8. The minimum atomic E-state index is 0.0971. The van der Waals surface area contributed by atoms with Gasteiger partial charge in [0.05, 0.1) is 18.2 Å². The van der Waals surface area contributed by atoms with Crippen LogP contribution in [-0.2, 0) is 0 Å². The van der Waals surface area contributed by atoms with Crippen molar-refractivity contribution in [2.45, 2.75) is 6.04 Å². The van der Waals surface area contributed by atoms with E-state index in [4.69, 9.17) is 4.74 Å². The van der Waals surface area contributed by atoms with Crippen molar-refractivity contribution in [3.8, 4) is 5.75 Å². The van der Waals surface area contributed by atoms with Crippen LogP contribution in [0.5, 0.6) is 5.75 Å². The third-order valence-electron chi connectivity index (χ3n) is 6.50. The Hall–Kier alpha value is -2.92. The summed E-state index contributed by atoms with van der Waals surface area (Å²) < 4.78 is 5.31. The summed E-state index contributed by atoms with van der Waals surface area (Å²) in [5, 5.41) is 1.01. The summed E-state index contributed by atoms with van der Waals surface area (Å²) in [4.78, 5) is 22.3. The van der Waals surface area contributed by atoms with Crippen molar-refractivity contribution in [3.05, 3.63) is 71.9 Å². The highest BCUT2D eigenvalue weighted by molar-refractivity contribution is 6.05. The third kappa shape index (κ3) is 3.06.